The van der Waals surface area contributed by atoms with E-state index in [1.54, 1.807) is 6.07 Å². The molecule has 0 radical (unpaired) electrons. The van der Waals surface area contributed by atoms with E-state index >= 15 is 0 Å². The molecule has 2 heterocycles. The number of unbranched alkanes of at least 4 members (excludes halogenated alkanes) is 2. The van der Waals surface area contributed by atoms with Crippen LogP contribution in [0.4, 0.5) is 10.5 Å². The summed E-state index contributed by atoms with van der Waals surface area (Å²) in [5, 5.41) is 18.0. The quantitative estimate of drug-likeness (QED) is 0.101. The van der Waals surface area contributed by atoms with Gasteiger partial charge < -0.3 is 20.7 Å². The van der Waals surface area contributed by atoms with E-state index < -0.39 is 10.0 Å². The van der Waals surface area contributed by atoms with Gasteiger partial charge in [-0.1, -0.05) is 64.1 Å². The van der Waals surface area contributed by atoms with Crippen LogP contribution in [0.1, 0.15) is 99.4 Å². The fourth-order valence-corrected chi connectivity index (χ4v) is 6.78. The highest BCUT2D eigenvalue weighted by Crippen LogP contribution is 2.40. The smallest absolute Gasteiger partial charge is 0.319 e. The molecule has 4 N–H and O–H groups in total. The van der Waals surface area contributed by atoms with E-state index in [9.17, 15) is 13.2 Å². The number of sulfonamides is 1. The SMILES string of the molecule is C=C(CCCCCNC)c1nnc2ccc(O[C@@H]3CC[C@H](CNC(=O)Nc4cc(CNS(C)(=O)=O)cc(C(C)(C)C)c4)c4ccccc43)cn12. The topological polar surface area (TPSA) is 139 Å². The van der Waals surface area contributed by atoms with Crippen molar-refractivity contribution in [2.75, 3.05) is 31.7 Å². The van der Waals surface area contributed by atoms with Crippen molar-refractivity contribution in [3.05, 3.63) is 95.5 Å². The minimum Gasteiger partial charge on any atom is -0.484 e. The molecule has 12 heteroatoms. The van der Waals surface area contributed by atoms with Crippen molar-refractivity contribution in [2.45, 2.75) is 83.3 Å². The van der Waals surface area contributed by atoms with E-state index in [0.717, 1.165) is 96.4 Å². The Balaban J connectivity index is 1.23. The van der Waals surface area contributed by atoms with Crippen LogP contribution in [-0.2, 0) is 22.0 Å². The predicted molar refractivity (Wildman–Crippen MR) is 200 cm³/mol. The number of anilines is 1. The van der Waals surface area contributed by atoms with Crippen molar-refractivity contribution in [1.82, 2.24) is 30.0 Å². The zero-order chi connectivity index (χ0) is 35.9. The monoisotopic (exact) mass is 701 g/mol. The molecule has 2 amide bonds. The van der Waals surface area contributed by atoms with E-state index in [1.165, 1.54) is 0 Å². The average molecular weight is 702 g/mol. The molecule has 5 rings (SSSR count). The van der Waals surface area contributed by atoms with Crippen molar-refractivity contribution in [1.29, 1.82) is 0 Å². The van der Waals surface area contributed by atoms with Gasteiger partial charge in [-0.15, -0.1) is 10.2 Å². The molecule has 1 aliphatic carbocycles. The molecular weight excluding hydrogens is 651 g/mol. The summed E-state index contributed by atoms with van der Waals surface area (Å²) in [6.45, 7) is 12.2. The third kappa shape index (κ3) is 9.92. The van der Waals surface area contributed by atoms with Gasteiger partial charge in [0.2, 0.25) is 10.0 Å². The highest BCUT2D eigenvalue weighted by molar-refractivity contribution is 7.88. The summed E-state index contributed by atoms with van der Waals surface area (Å²) in [6, 6.07) is 17.5. The molecule has 0 bridgehead atoms. The van der Waals surface area contributed by atoms with Gasteiger partial charge in [-0.25, -0.2) is 17.9 Å². The Labute approximate surface area is 296 Å². The number of aromatic nitrogens is 3. The molecule has 1 aliphatic rings. The van der Waals surface area contributed by atoms with E-state index in [2.05, 4.69) is 70.4 Å². The van der Waals surface area contributed by atoms with Crippen molar-refractivity contribution in [3.8, 4) is 5.75 Å². The van der Waals surface area contributed by atoms with Crippen LogP contribution in [0, 0.1) is 0 Å². The lowest BCUT2D eigenvalue weighted by molar-refractivity contribution is 0.175. The number of nitrogens with zero attached hydrogens (tertiary/aromatic N) is 3. The first-order valence-electron chi connectivity index (χ1n) is 17.4. The van der Waals surface area contributed by atoms with E-state index in [0.29, 0.717) is 12.2 Å². The average Bonchev–Trinajstić information content (AvgIpc) is 3.49. The van der Waals surface area contributed by atoms with Crippen LogP contribution in [0.5, 0.6) is 5.75 Å². The highest BCUT2D eigenvalue weighted by Gasteiger charge is 2.29. The second kappa shape index (κ2) is 16.2. The summed E-state index contributed by atoms with van der Waals surface area (Å²) < 4.78 is 34.5. The molecule has 0 fully saturated rings. The van der Waals surface area contributed by atoms with E-state index in [-0.39, 0.29) is 30.0 Å². The Bertz CT molecular complexity index is 1920. The summed E-state index contributed by atoms with van der Waals surface area (Å²) in [7, 11) is -1.39. The van der Waals surface area contributed by atoms with Crippen LogP contribution in [0.15, 0.2) is 67.4 Å². The molecular formula is C38H51N7O4S. The van der Waals surface area contributed by atoms with Gasteiger partial charge in [0.15, 0.2) is 11.5 Å². The second-order valence-electron chi connectivity index (χ2n) is 14.2. The fraction of sp³-hybridized carbons (Fsp3) is 0.447. The molecule has 0 saturated carbocycles. The molecule has 4 aromatic rings. The van der Waals surface area contributed by atoms with Crippen molar-refractivity contribution in [3.63, 3.8) is 0 Å². The zero-order valence-corrected chi connectivity index (χ0v) is 30.7. The number of allylic oxidation sites excluding steroid dienone is 1. The molecule has 2 aromatic carbocycles. The van der Waals surface area contributed by atoms with Crippen LogP contribution >= 0.6 is 0 Å². The number of ether oxygens (including phenoxy) is 1. The fourth-order valence-electron chi connectivity index (χ4n) is 6.35. The van der Waals surface area contributed by atoms with Gasteiger partial charge >= 0.3 is 6.03 Å². The van der Waals surface area contributed by atoms with Crippen LogP contribution in [0.2, 0.25) is 0 Å². The number of amides is 2. The van der Waals surface area contributed by atoms with Crippen LogP contribution in [0.3, 0.4) is 0 Å². The van der Waals surface area contributed by atoms with Gasteiger partial charge in [0.25, 0.3) is 0 Å². The van der Waals surface area contributed by atoms with Gasteiger partial charge in [0.05, 0.1) is 12.5 Å². The lowest BCUT2D eigenvalue weighted by Gasteiger charge is -2.32. The zero-order valence-electron chi connectivity index (χ0n) is 29.9. The Morgan fingerprint density at radius 1 is 1.02 bits per heavy atom. The Kier molecular flexibility index (Phi) is 12.0. The van der Waals surface area contributed by atoms with Crippen LogP contribution < -0.4 is 25.4 Å². The first-order chi connectivity index (χ1) is 23.8. The van der Waals surface area contributed by atoms with Crippen molar-refractivity contribution < 1.29 is 17.9 Å². The van der Waals surface area contributed by atoms with Gasteiger partial charge in [0.1, 0.15) is 11.9 Å². The molecule has 268 valence electrons. The highest BCUT2D eigenvalue weighted by atomic mass is 32.2. The van der Waals surface area contributed by atoms with Crippen molar-refractivity contribution >= 4 is 33.0 Å². The largest absolute Gasteiger partial charge is 0.484 e. The number of carbonyl (C=O) groups excluding carboxylic acids is 1. The van der Waals surface area contributed by atoms with Gasteiger partial charge in [-0.2, -0.15) is 0 Å². The number of pyridine rings is 1. The molecule has 11 nitrogen and oxygen atoms in total. The summed E-state index contributed by atoms with van der Waals surface area (Å²) in [4.78, 5) is 13.1. The number of fused-ring (bicyclic) bond motifs is 2. The third-order valence-corrected chi connectivity index (χ3v) is 9.77. The third-order valence-electron chi connectivity index (χ3n) is 9.10. The summed E-state index contributed by atoms with van der Waals surface area (Å²) in [5.41, 5.74) is 6.17. The Morgan fingerprint density at radius 3 is 2.54 bits per heavy atom. The summed E-state index contributed by atoms with van der Waals surface area (Å²) >= 11 is 0. The lowest BCUT2D eigenvalue weighted by Crippen LogP contribution is -2.34. The maximum Gasteiger partial charge on any atom is 0.319 e. The number of urea groups is 1. The molecule has 0 unspecified atom stereocenters. The molecule has 0 spiro atoms. The number of hydrogen-bond acceptors (Lipinski definition) is 7. The van der Waals surface area contributed by atoms with Gasteiger partial charge in [-0.05, 0) is 103 Å². The maximum absolute atomic E-state index is 13.1. The minimum absolute atomic E-state index is 0.121. The van der Waals surface area contributed by atoms with E-state index in [1.807, 2.05) is 54.0 Å². The molecule has 2 atom stereocenters. The first-order valence-corrected chi connectivity index (χ1v) is 19.3. The van der Waals surface area contributed by atoms with Crippen LogP contribution in [-0.4, -0.2) is 55.4 Å². The maximum atomic E-state index is 13.1. The minimum atomic E-state index is -3.36. The molecule has 50 heavy (non-hydrogen) atoms. The van der Waals surface area contributed by atoms with Gasteiger partial charge in [-0.3, -0.25) is 4.40 Å². The Hall–Kier alpha value is -4.26. The number of rotatable bonds is 15. The van der Waals surface area contributed by atoms with Crippen LogP contribution in [0.25, 0.3) is 11.2 Å². The number of carbonyl (C=O) groups is 1. The normalized spacial score (nSPS) is 16.2. The Morgan fingerprint density at radius 2 is 1.80 bits per heavy atom. The molecule has 2 aromatic heterocycles. The molecule has 0 aliphatic heterocycles. The summed E-state index contributed by atoms with van der Waals surface area (Å²) in [6.07, 6.45) is 8.77. The molecule has 0 saturated heterocycles. The predicted octanol–water partition coefficient (Wildman–Crippen LogP) is 6.69. The summed E-state index contributed by atoms with van der Waals surface area (Å²) in [5.74, 6) is 1.62. The first kappa shape index (κ1) is 37.0. The lowest BCUT2D eigenvalue weighted by atomic mass is 9.81. The number of benzene rings is 2. The van der Waals surface area contributed by atoms with E-state index in [4.69, 9.17) is 4.74 Å². The van der Waals surface area contributed by atoms with Crippen molar-refractivity contribution in [2.24, 2.45) is 0 Å². The number of nitrogens with one attached hydrogen (secondary N) is 4. The second-order valence-corrected chi connectivity index (χ2v) is 16.1. The van der Waals surface area contributed by atoms with Gasteiger partial charge in [0, 0.05) is 24.7 Å². The standard InChI is InChI=1S/C38H51N7O4S/c1-26(12-8-7-11-19-39-5)36-44-43-35-18-16-31(25-45(35)36)49-34-17-15-28(32-13-9-10-14-33(32)34)24-40-37(46)42-30-21-27(23-41-50(6,47)48)20-29(22-30)38(2,3)4/h9-10,13-14,16,18,20-22,25,28,34,39,41H,1,7-8,11-12,15,17,19,23-24H2,2-6H3,(H2,40,42,46)/t28-,34-/m1/s1. The number of hydrogen-bond donors (Lipinski definition) is 4.